The van der Waals surface area contributed by atoms with Crippen LogP contribution in [-0.2, 0) is 18.3 Å². The minimum atomic E-state index is -0.00777. The highest BCUT2D eigenvalue weighted by molar-refractivity contribution is 6.33. The number of ether oxygens (including phenoxy) is 1. The Morgan fingerprint density at radius 1 is 1.22 bits per heavy atom. The molecule has 2 fully saturated rings. The Hall–Kier alpha value is -2.89. The van der Waals surface area contributed by atoms with E-state index in [0.717, 1.165) is 68.1 Å². The van der Waals surface area contributed by atoms with Crippen LogP contribution in [0.3, 0.4) is 0 Å². The largest absolute Gasteiger partial charge is 0.384 e. The molecule has 1 aromatic carbocycles. The normalized spacial score (nSPS) is 17.2. The third-order valence-corrected chi connectivity index (χ3v) is 6.98. The number of aryl methyl sites for hydroxylation is 2. The van der Waals surface area contributed by atoms with Crippen LogP contribution in [0.25, 0.3) is 11.2 Å². The maximum Gasteiger partial charge on any atom is 0.330 e. The maximum atomic E-state index is 11.9. The van der Waals surface area contributed by atoms with E-state index in [4.69, 9.17) is 21.6 Å². The summed E-state index contributed by atoms with van der Waals surface area (Å²) in [6.07, 6.45) is 13.5. The number of halogens is 1. The molecule has 5 rings (SSSR count). The molecule has 37 heavy (non-hydrogen) atoms. The minimum absolute atomic E-state index is 0.00777. The van der Waals surface area contributed by atoms with Crippen molar-refractivity contribution in [2.45, 2.75) is 77.9 Å². The lowest BCUT2D eigenvalue weighted by Crippen LogP contribution is -2.22. The van der Waals surface area contributed by atoms with Gasteiger partial charge in [-0.2, -0.15) is 5.26 Å². The third-order valence-electron chi connectivity index (χ3n) is 6.66. The van der Waals surface area contributed by atoms with Gasteiger partial charge in [-0.3, -0.25) is 9.13 Å². The van der Waals surface area contributed by atoms with E-state index in [1.165, 1.54) is 32.0 Å². The zero-order valence-electron chi connectivity index (χ0n) is 22.3. The van der Waals surface area contributed by atoms with Crippen LogP contribution >= 0.6 is 11.6 Å². The van der Waals surface area contributed by atoms with Crippen LogP contribution in [0.4, 0.5) is 5.69 Å². The number of rotatable bonds is 9. The molecular weight excluding hydrogens is 488 g/mol. The number of nitriles is 1. The predicted octanol–water partition coefficient (Wildman–Crippen LogP) is 5.93. The Balaban J connectivity index is 0.000000167. The Kier molecular flexibility index (Phi) is 11.4. The quantitative estimate of drug-likeness (QED) is 0.347. The van der Waals surface area contributed by atoms with Gasteiger partial charge in [-0.25, -0.2) is 14.8 Å². The van der Waals surface area contributed by atoms with Gasteiger partial charge in [0.25, 0.3) is 0 Å². The number of imidazole rings is 1. The fourth-order valence-electron chi connectivity index (χ4n) is 4.28. The van der Waals surface area contributed by atoms with Crippen LogP contribution in [-0.4, -0.2) is 38.4 Å². The summed E-state index contributed by atoms with van der Waals surface area (Å²) in [4.78, 5) is 20.1. The van der Waals surface area contributed by atoms with Crippen LogP contribution in [0, 0.1) is 17.2 Å². The highest BCUT2D eigenvalue weighted by atomic mass is 35.5. The molecule has 8 nitrogen and oxygen atoms in total. The minimum Gasteiger partial charge on any atom is -0.384 e. The Labute approximate surface area is 224 Å². The van der Waals surface area contributed by atoms with E-state index in [1.807, 2.05) is 6.07 Å². The second-order valence-electron chi connectivity index (χ2n) is 9.57. The topological polar surface area (TPSA) is 97.8 Å². The first-order valence-electron chi connectivity index (χ1n) is 13.4. The second kappa shape index (κ2) is 14.7. The zero-order chi connectivity index (χ0) is 26.6. The molecule has 2 unspecified atom stereocenters. The molecule has 0 bridgehead atoms. The first kappa shape index (κ1) is 28.7. The molecule has 9 heteroatoms. The lowest BCUT2D eigenvalue weighted by atomic mass is 10.2. The molecule has 2 aromatic heterocycles. The summed E-state index contributed by atoms with van der Waals surface area (Å²) in [5.74, 6) is 0.991. The van der Waals surface area contributed by atoms with Crippen LogP contribution in [0.2, 0.25) is 5.02 Å². The summed E-state index contributed by atoms with van der Waals surface area (Å²) in [6, 6.07) is 7.37. The van der Waals surface area contributed by atoms with Gasteiger partial charge in [-0.05, 0) is 49.8 Å². The number of fused-ring (bicyclic) bond motifs is 2. The average molecular weight is 527 g/mol. The summed E-state index contributed by atoms with van der Waals surface area (Å²) in [5, 5.41) is 12.5. The van der Waals surface area contributed by atoms with Crippen molar-refractivity contribution in [2.24, 2.45) is 13.0 Å². The smallest absolute Gasteiger partial charge is 0.330 e. The molecule has 2 aliphatic rings. The molecule has 3 aromatic rings. The highest BCUT2D eigenvalue weighted by Gasteiger charge is 2.42. The Morgan fingerprint density at radius 2 is 2.00 bits per heavy atom. The van der Waals surface area contributed by atoms with Crippen molar-refractivity contribution in [3.8, 4) is 6.07 Å². The van der Waals surface area contributed by atoms with Gasteiger partial charge < -0.3 is 10.1 Å². The van der Waals surface area contributed by atoms with Gasteiger partial charge in [-0.1, -0.05) is 51.1 Å². The summed E-state index contributed by atoms with van der Waals surface area (Å²) in [6.45, 7) is 7.03. The SMILES string of the molecule is C1CC2CC2O1.CCCCCNc1ccc(C#N)cc1Cl.CCCCCn1c(=O)n(C)c2cncnc21. The zero-order valence-corrected chi connectivity index (χ0v) is 23.0. The lowest BCUT2D eigenvalue weighted by Gasteiger charge is -2.07. The van der Waals surface area contributed by atoms with Crippen LogP contribution in [0.15, 0.2) is 35.5 Å². The molecule has 1 N–H and O–H groups in total. The Morgan fingerprint density at radius 3 is 2.59 bits per heavy atom. The summed E-state index contributed by atoms with van der Waals surface area (Å²) in [7, 11) is 1.75. The molecule has 1 aliphatic heterocycles. The van der Waals surface area contributed by atoms with Gasteiger partial charge in [0, 0.05) is 26.7 Å². The van der Waals surface area contributed by atoms with Gasteiger partial charge in [0.15, 0.2) is 5.65 Å². The number of benzene rings is 1. The molecule has 200 valence electrons. The first-order valence-corrected chi connectivity index (χ1v) is 13.8. The summed E-state index contributed by atoms with van der Waals surface area (Å²) >= 11 is 6.01. The van der Waals surface area contributed by atoms with Gasteiger partial charge >= 0.3 is 5.69 Å². The Bertz CT molecular complexity index is 1220. The molecule has 0 spiro atoms. The van der Waals surface area contributed by atoms with E-state index < -0.39 is 0 Å². The van der Waals surface area contributed by atoms with Crippen molar-refractivity contribution in [2.75, 3.05) is 18.5 Å². The fourth-order valence-corrected chi connectivity index (χ4v) is 4.53. The fraction of sp³-hybridized carbons (Fsp3) is 0.571. The number of hydrogen-bond acceptors (Lipinski definition) is 6. The van der Waals surface area contributed by atoms with Gasteiger partial charge in [0.2, 0.25) is 0 Å². The van der Waals surface area contributed by atoms with Crippen molar-refractivity contribution in [3.63, 3.8) is 0 Å². The monoisotopic (exact) mass is 526 g/mol. The standard InChI is InChI=1S/C12H15ClN2.C11H16N4O.C5H8O/c1-2-3-4-7-15-12-6-5-10(9-14)8-11(12)13;1-3-4-5-6-15-10-9(7-12-8-13-10)14(2)11(15)16;1-2-6-5-3-4(1)5/h5-6,8,15H,2-4,7H2,1H3;7-8H,3-6H2,1-2H3;4-5H,1-3H2. The predicted molar refractivity (Wildman–Crippen MR) is 149 cm³/mol. The van der Waals surface area contributed by atoms with Crippen LogP contribution in [0.1, 0.15) is 70.8 Å². The van der Waals surface area contributed by atoms with Crippen molar-refractivity contribution in [1.29, 1.82) is 5.26 Å². The van der Waals surface area contributed by atoms with E-state index in [9.17, 15) is 4.79 Å². The van der Waals surface area contributed by atoms with Crippen LogP contribution in [0.5, 0.6) is 0 Å². The summed E-state index contributed by atoms with van der Waals surface area (Å²) in [5.41, 5.74) is 3.03. The van der Waals surface area contributed by atoms with E-state index >= 15 is 0 Å². The van der Waals surface area contributed by atoms with E-state index in [1.54, 1.807) is 34.5 Å². The van der Waals surface area contributed by atoms with Crippen molar-refractivity contribution < 1.29 is 4.74 Å². The maximum absolute atomic E-state index is 11.9. The van der Waals surface area contributed by atoms with Gasteiger partial charge in [-0.15, -0.1) is 0 Å². The second-order valence-corrected chi connectivity index (χ2v) is 9.97. The molecule has 3 heterocycles. The van der Waals surface area contributed by atoms with E-state index in [0.29, 0.717) is 16.7 Å². The molecule has 1 saturated heterocycles. The summed E-state index contributed by atoms with van der Waals surface area (Å²) < 4.78 is 8.55. The number of nitrogens with one attached hydrogen (secondary N) is 1. The molecule has 1 aliphatic carbocycles. The number of aromatic nitrogens is 4. The molecule has 1 saturated carbocycles. The molecule has 0 radical (unpaired) electrons. The highest BCUT2D eigenvalue weighted by Crippen LogP contribution is 2.41. The average Bonchev–Trinajstić information content (AvgIpc) is 3.44. The molecular formula is C28H39ClN6O2. The number of unbranched alkanes of at least 4 members (excludes halogenated alkanes) is 4. The lowest BCUT2D eigenvalue weighted by molar-refractivity contribution is 0.156. The van der Waals surface area contributed by atoms with Crippen molar-refractivity contribution in [1.82, 2.24) is 19.1 Å². The molecule has 0 amide bonds. The number of nitrogens with zero attached hydrogens (tertiary/aromatic N) is 5. The van der Waals surface area contributed by atoms with Crippen molar-refractivity contribution in [3.05, 3.63) is 51.8 Å². The first-order chi connectivity index (χ1) is 18.0. The van der Waals surface area contributed by atoms with Gasteiger partial charge in [0.1, 0.15) is 11.8 Å². The van der Waals surface area contributed by atoms with Crippen LogP contribution < -0.4 is 11.0 Å². The van der Waals surface area contributed by atoms with E-state index in [2.05, 4.69) is 35.2 Å². The van der Waals surface area contributed by atoms with Gasteiger partial charge in [0.05, 0.1) is 34.6 Å². The third kappa shape index (κ3) is 8.31. The molecule has 2 atom stereocenters. The van der Waals surface area contributed by atoms with Crippen molar-refractivity contribution >= 4 is 28.5 Å². The van der Waals surface area contributed by atoms with E-state index in [-0.39, 0.29) is 5.69 Å². The number of hydrogen-bond donors (Lipinski definition) is 1. The number of anilines is 1.